The lowest BCUT2D eigenvalue weighted by atomic mass is 10.4. The summed E-state index contributed by atoms with van der Waals surface area (Å²) in [6.45, 7) is 4.60. The van der Waals surface area contributed by atoms with Crippen LogP contribution in [0.3, 0.4) is 0 Å². The summed E-state index contributed by atoms with van der Waals surface area (Å²) in [5.41, 5.74) is 6.55. The molecule has 0 radical (unpaired) electrons. The van der Waals surface area contributed by atoms with E-state index in [1.54, 1.807) is 6.20 Å². The SMILES string of the molecule is Nc1ccc(NCCN2CCCC2)cn1. The summed E-state index contributed by atoms with van der Waals surface area (Å²) in [5.74, 6) is 0.570. The highest BCUT2D eigenvalue weighted by atomic mass is 15.1. The third-order valence-corrected chi connectivity index (χ3v) is 2.74. The number of anilines is 2. The van der Waals surface area contributed by atoms with Crippen molar-refractivity contribution >= 4 is 11.5 Å². The number of nitrogens with two attached hydrogens (primary N) is 1. The Morgan fingerprint density at radius 3 is 2.80 bits per heavy atom. The fourth-order valence-corrected chi connectivity index (χ4v) is 1.87. The highest BCUT2D eigenvalue weighted by Crippen LogP contribution is 2.08. The van der Waals surface area contributed by atoms with Crippen LogP contribution in [0.4, 0.5) is 11.5 Å². The molecule has 1 aliphatic rings. The molecule has 1 aromatic rings. The number of hydrogen-bond acceptors (Lipinski definition) is 4. The first-order chi connectivity index (χ1) is 7.34. The summed E-state index contributed by atoms with van der Waals surface area (Å²) < 4.78 is 0. The van der Waals surface area contributed by atoms with Crippen LogP contribution in [0.1, 0.15) is 12.8 Å². The molecule has 82 valence electrons. The lowest BCUT2D eigenvalue weighted by molar-refractivity contribution is 0.352. The number of nitrogens with one attached hydrogen (secondary N) is 1. The Bertz CT molecular complexity index is 290. The maximum absolute atomic E-state index is 5.51. The lowest BCUT2D eigenvalue weighted by Gasteiger charge is -2.15. The van der Waals surface area contributed by atoms with Gasteiger partial charge in [-0.25, -0.2) is 4.98 Å². The molecule has 4 nitrogen and oxygen atoms in total. The van der Waals surface area contributed by atoms with Crippen LogP contribution in [-0.2, 0) is 0 Å². The molecule has 0 atom stereocenters. The van der Waals surface area contributed by atoms with Crippen molar-refractivity contribution in [2.45, 2.75) is 12.8 Å². The van der Waals surface area contributed by atoms with E-state index in [1.165, 1.54) is 25.9 Å². The Kier molecular flexibility index (Phi) is 3.40. The largest absolute Gasteiger partial charge is 0.384 e. The molecular formula is C11H18N4. The predicted octanol–water partition coefficient (Wildman–Crippen LogP) is 1.17. The first-order valence-corrected chi connectivity index (χ1v) is 5.52. The maximum Gasteiger partial charge on any atom is 0.123 e. The topological polar surface area (TPSA) is 54.2 Å². The summed E-state index contributed by atoms with van der Waals surface area (Å²) in [6.07, 6.45) is 4.48. The van der Waals surface area contributed by atoms with E-state index in [-0.39, 0.29) is 0 Å². The normalized spacial score (nSPS) is 16.8. The van der Waals surface area contributed by atoms with Crippen molar-refractivity contribution in [2.75, 3.05) is 37.2 Å². The van der Waals surface area contributed by atoms with Gasteiger partial charge >= 0.3 is 0 Å². The van der Waals surface area contributed by atoms with E-state index >= 15 is 0 Å². The molecular weight excluding hydrogens is 188 g/mol. The van der Waals surface area contributed by atoms with Gasteiger partial charge in [-0.3, -0.25) is 0 Å². The van der Waals surface area contributed by atoms with Gasteiger partial charge in [0.05, 0.1) is 11.9 Å². The van der Waals surface area contributed by atoms with Crippen molar-refractivity contribution in [3.8, 4) is 0 Å². The van der Waals surface area contributed by atoms with Gasteiger partial charge in [0.25, 0.3) is 0 Å². The molecule has 2 rings (SSSR count). The van der Waals surface area contributed by atoms with Crippen LogP contribution in [0.25, 0.3) is 0 Å². The minimum Gasteiger partial charge on any atom is -0.384 e. The second-order valence-corrected chi connectivity index (χ2v) is 3.95. The van der Waals surface area contributed by atoms with Crippen LogP contribution in [-0.4, -0.2) is 36.1 Å². The van der Waals surface area contributed by atoms with E-state index in [0.717, 1.165) is 18.8 Å². The van der Waals surface area contributed by atoms with E-state index in [2.05, 4.69) is 15.2 Å². The van der Waals surface area contributed by atoms with E-state index < -0.39 is 0 Å². The van der Waals surface area contributed by atoms with Crippen molar-refractivity contribution in [3.63, 3.8) is 0 Å². The van der Waals surface area contributed by atoms with Crippen molar-refractivity contribution in [1.29, 1.82) is 0 Å². The molecule has 0 bridgehead atoms. The Labute approximate surface area is 90.5 Å². The summed E-state index contributed by atoms with van der Waals surface area (Å²) >= 11 is 0. The zero-order valence-corrected chi connectivity index (χ0v) is 8.95. The minimum absolute atomic E-state index is 0.570. The molecule has 0 spiro atoms. The zero-order valence-electron chi connectivity index (χ0n) is 8.95. The first-order valence-electron chi connectivity index (χ1n) is 5.52. The average molecular weight is 206 g/mol. The minimum atomic E-state index is 0.570. The lowest BCUT2D eigenvalue weighted by Crippen LogP contribution is -2.25. The molecule has 1 aliphatic heterocycles. The Morgan fingerprint density at radius 2 is 2.13 bits per heavy atom. The summed E-state index contributed by atoms with van der Waals surface area (Å²) in [4.78, 5) is 6.52. The molecule has 1 fully saturated rings. The number of likely N-dealkylation sites (tertiary alicyclic amines) is 1. The van der Waals surface area contributed by atoms with Crippen molar-refractivity contribution < 1.29 is 0 Å². The maximum atomic E-state index is 5.51. The monoisotopic (exact) mass is 206 g/mol. The molecule has 0 aromatic carbocycles. The van der Waals surface area contributed by atoms with Gasteiger partial charge in [-0.15, -0.1) is 0 Å². The van der Waals surface area contributed by atoms with Crippen LogP contribution in [0, 0.1) is 0 Å². The van der Waals surface area contributed by atoms with E-state index in [0.29, 0.717) is 5.82 Å². The van der Waals surface area contributed by atoms with Gasteiger partial charge in [0.1, 0.15) is 5.82 Å². The molecule has 0 unspecified atom stereocenters. The van der Waals surface area contributed by atoms with Gasteiger partial charge in [-0.2, -0.15) is 0 Å². The summed E-state index contributed by atoms with van der Waals surface area (Å²) in [6, 6.07) is 3.78. The van der Waals surface area contributed by atoms with Crippen LogP contribution in [0.5, 0.6) is 0 Å². The fourth-order valence-electron chi connectivity index (χ4n) is 1.87. The third-order valence-electron chi connectivity index (χ3n) is 2.74. The molecule has 1 saturated heterocycles. The molecule has 0 saturated carbocycles. The fraction of sp³-hybridized carbons (Fsp3) is 0.545. The Morgan fingerprint density at radius 1 is 1.33 bits per heavy atom. The average Bonchev–Trinajstić information content (AvgIpc) is 2.74. The number of pyridine rings is 1. The molecule has 0 aliphatic carbocycles. The Hall–Kier alpha value is -1.29. The number of hydrogen-bond donors (Lipinski definition) is 2. The van der Waals surface area contributed by atoms with Crippen LogP contribution in [0.15, 0.2) is 18.3 Å². The second kappa shape index (κ2) is 4.98. The molecule has 4 heteroatoms. The highest BCUT2D eigenvalue weighted by Gasteiger charge is 2.09. The van der Waals surface area contributed by atoms with E-state index in [1.807, 2.05) is 12.1 Å². The van der Waals surface area contributed by atoms with E-state index in [9.17, 15) is 0 Å². The smallest absolute Gasteiger partial charge is 0.123 e. The van der Waals surface area contributed by atoms with Crippen LogP contribution < -0.4 is 11.1 Å². The Balaban J connectivity index is 1.71. The van der Waals surface area contributed by atoms with Gasteiger partial charge in [0.15, 0.2) is 0 Å². The third kappa shape index (κ3) is 3.09. The van der Waals surface area contributed by atoms with Crippen LogP contribution >= 0.6 is 0 Å². The van der Waals surface area contributed by atoms with Gasteiger partial charge in [-0.05, 0) is 38.1 Å². The van der Waals surface area contributed by atoms with Crippen molar-refractivity contribution in [2.24, 2.45) is 0 Å². The van der Waals surface area contributed by atoms with Gasteiger partial charge in [-0.1, -0.05) is 0 Å². The van der Waals surface area contributed by atoms with Crippen molar-refractivity contribution in [1.82, 2.24) is 9.88 Å². The molecule has 3 N–H and O–H groups in total. The molecule has 1 aromatic heterocycles. The molecule has 0 amide bonds. The predicted molar refractivity (Wildman–Crippen MR) is 62.8 cm³/mol. The van der Waals surface area contributed by atoms with E-state index in [4.69, 9.17) is 5.73 Å². The number of rotatable bonds is 4. The number of nitrogens with zero attached hydrogens (tertiary/aromatic N) is 2. The zero-order chi connectivity index (χ0) is 10.5. The standard InChI is InChI=1S/C11H18N4/c12-11-4-3-10(9-14-11)13-5-8-15-6-1-2-7-15/h3-4,9,13H,1-2,5-8H2,(H2,12,14). The van der Waals surface area contributed by atoms with Gasteiger partial charge < -0.3 is 16.0 Å². The van der Waals surface area contributed by atoms with Crippen molar-refractivity contribution in [3.05, 3.63) is 18.3 Å². The molecule has 15 heavy (non-hydrogen) atoms. The highest BCUT2D eigenvalue weighted by molar-refractivity contribution is 5.45. The quantitative estimate of drug-likeness (QED) is 0.776. The summed E-state index contributed by atoms with van der Waals surface area (Å²) in [7, 11) is 0. The number of aromatic nitrogens is 1. The van der Waals surface area contributed by atoms with Gasteiger partial charge in [0, 0.05) is 13.1 Å². The number of nitrogen functional groups attached to an aromatic ring is 1. The van der Waals surface area contributed by atoms with Gasteiger partial charge in [0.2, 0.25) is 0 Å². The molecule has 2 heterocycles. The van der Waals surface area contributed by atoms with Crippen LogP contribution in [0.2, 0.25) is 0 Å². The first kappa shape index (κ1) is 10.2. The second-order valence-electron chi connectivity index (χ2n) is 3.95. The summed E-state index contributed by atoms with van der Waals surface area (Å²) in [5, 5.41) is 3.34.